The number of aromatic nitrogens is 2. The van der Waals surface area contributed by atoms with Crippen LogP contribution in [-0.4, -0.2) is 34.8 Å². The van der Waals surface area contributed by atoms with E-state index in [-0.39, 0.29) is 6.04 Å². The molecule has 2 aromatic rings. The highest BCUT2D eigenvalue weighted by Crippen LogP contribution is 2.21. The SMILES string of the molecule is Cc1c(C(CN)N(C)CCc2ccccc2)cnn1C. The Hall–Kier alpha value is -1.65. The van der Waals surface area contributed by atoms with E-state index >= 15 is 0 Å². The summed E-state index contributed by atoms with van der Waals surface area (Å²) in [4.78, 5) is 2.32. The zero-order valence-corrected chi connectivity index (χ0v) is 12.6. The second kappa shape index (κ2) is 6.68. The number of nitrogens with two attached hydrogens (primary N) is 1. The lowest BCUT2D eigenvalue weighted by molar-refractivity contribution is 0.252. The molecule has 1 atom stereocenters. The summed E-state index contributed by atoms with van der Waals surface area (Å²) in [5.41, 5.74) is 9.75. The molecule has 0 aliphatic heterocycles. The summed E-state index contributed by atoms with van der Waals surface area (Å²) in [7, 11) is 4.10. The third-order valence-corrected chi connectivity index (χ3v) is 3.98. The summed E-state index contributed by atoms with van der Waals surface area (Å²) in [6, 6.07) is 10.8. The highest BCUT2D eigenvalue weighted by molar-refractivity contribution is 5.21. The van der Waals surface area contributed by atoms with Crippen LogP contribution in [0.5, 0.6) is 0 Å². The molecule has 4 nitrogen and oxygen atoms in total. The normalized spacial score (nSPS) is 12.8. The molecule has 2 N–H and O–H groups in total. The van der Waals surface area contributed by atoms with E-state index in [9.17, 15) is 0 Å². The summed E-state index contributed by atoms with van der Waals surface area (Å²) in [5, 5.41) is 4.32. The van der Waals surface area contributed by atoms with Crippen molar-refractivity contribution in [3.8, 4) is 0 Å². The van der Waals surface area contributed by atoms with Gasteiger partial charge in [-0.2, -0.15) is 5.10 Å². The third kappa shape index (κ3) is 3.26. The van der Waals surface area contributed by atoms with Gasteiger partial charge in [0.1, 0.15) is 0 Å². The van der Waals surface area contributed by atoms with Crippen LogP contribution >= 0.6 is 0 Å². The van der Waals surface area contributed by atoms with Crippen molar-refractivity contribution in [2.45, 2.75) is 19.4 Å². The number of hydrogen-bond acceptors (Lipinski definition) is 3. The van der Waals surface area contributed by atoms with Gasteiger partial charge in [0.15, 0.2) is 0 Å². The van der Waals surface area contributed by atoms with Crippen LogP contribution in [0.4, 0.5) is 0 Å². The molecule has 108 valence electrons. The van der Waals surface area contributed by atoms with Crippen LogP contribution in [0.1, 0.15) is 22.9 Å². The Labute approximate surface area is 121 Å². The van der Waals surface area contributed by atoms with Crippen molar-refractivity contribution in [1.29, 1.82) is 0 Å². The number of benzene rings is 1. The lowest BCUT2D eigenvalue weighted by Crippen LogP contribution is -2.32. The maximum absolute atomic E-state index is 5.97. The summed E-state index contributed by atoms with van der Waals surface area (Å²) in [6.45, 7) is 3.69. The molecule has 2 rings (SSSR count). The van der Waals surface area contributed by atoms with Gasteiger partial charge in [-0.15, -0.1) is 0 Å². The maximum atomic E-state index is 5.97. The Morgan fingerprint density at radius 2 is 2.00 bits per heavy atom. The summed E-state index contributed by atoms with van der Waals surface area (Å²) < 4.78 is 1.91. The average molecular weight is 272 g/mol. The number of hydrogen-bond donors (Lipinski definition) is 1. The molecular weight excluding hydrogens is 248 g/mol. The predicted octanol–water partition coefficient (Wildman–Crippen LogP) is 1.90. The molecule has 0 spiro atoms. The Balaban J connectivity index is 2.02. The Morgan fingerprint density at radius 3 is 2.55 bits per heavy atom. The van der Waals surface area contributed by atoms with Crippen LogP contribution in [0.3, 0.4) is 0 Å². The fourth-order valence-electron chi connectivity index (χ4n) is 2.49. The van der Waals surface area contributed by atoms with Gasteiger partial charge in [0.05, 0.1) is 12.2 Å². The fourth-order valence-corrected chi connectivity index (χ4v) is 2.49. The molecular formula is C16H24N4. The molecule has 1 unspecified atom stereocenters. The van der Waals surface area contributed by atoms with Gasteiger partial charge >= 0.3 is 0 Å². The van der Waals surface area contributed by atoms with Crippen molar-refractivity contribution in [2.75, 3.05) is 20.1 Å². The quantitative estimate of drug-likeness (QED) is 0.873. The molecule has 1 aromatic carbocycles. The minimum absolute atomic E-state index is 0.229. The van der Waals surface area contributed by atoms with Crippen molar-refractivity contribution in [3.63, 3.8) is 0 Å². The van der Waals surface area contributed by atoms with Gasteiger partial charge in [-0.25, -0.2) is 0 Å². The van der Waals surface area contributed by atoms with Crippen LogP contribution in [-0.2, 0) is 13.5 Å². The molecule has 0 saturated carbocycles. The monoisotopic (exact) mass is 272 g/mol. The highest BCUT2D eigenvalue weighted by atomic mass is 15.3. The molecule has 0 bridgehead atoms. The van der Waals surface area contributed by atoms with E-state index < -0.39 is 0 Å². The van der Waals surface area contributed by atoms with Crippen molar-refractivity contribution < 1.29 is 0 Å². The summed E-state index contributed by atoms with van der Waals surface area (Å²) in [6.07, 6.45) is 2.97. The van der Waals surface area contributed by atoms with Gasteiger partial charge in [0.25, 0.3) is 0 Å². The number of likely N-dealkylation sites (N-methyl/N-ethyl adjacent to an activating group) is 1. The first kappa shape index (κ1) is 14.8. The molecule has 0 aliphatic carbocycles. The van der Waals surface area contributed by atoms with E-state index in [1.807, 2.05) is 17.9 Å². The highest BCUT2D eigenvalue weighted by Gasteiger charge is 2.19. The maximum Gasteiger partial charge on any atom is 0.0540 e. The minimum Gasteiger partial charge on any atom is -0.329 e. The first-order valence-electron chi connectivity index (χ1n) is 7.06. The lowest BCUT2D eigenvalue weighted by Gasteiger charge is -2.27. The van der Waals surface area contributed by atoms with Crippen LogP contribution in [0, 0.1) is 6.92 Å². The smallest absolute Gasteiger partial charge is 0.0540 e. The fraction of sp³-hybridized carbons (Fsp3) is 0.438. The molecule has 0 saturated heterocycles. The van der Waals surface area contributed by atoms with Crippen molar-refractivity contribution in [1.82, 2.24) is 14.7 Å². The second-order valence-electron chi connectivity index (χ2n) is 5.28. The van der Waals surface area contributed by atoms with E-state index in [2.05, 4.69) is 54.3 Å². The van der Waals surface area contributed by atoms with Gasteiger partial charge in [0.2, 0.25) is 0 Å². The van der Waals surface area contributed by atoms with E-state index in [1.54, 1.807) is 0 Å². The lowest BCUT2D eigenvalue weighted by atomic mass is 10.1. The third-order valence-electron chi connectivity index (χ3n) is 3.98. The molecule has 0 fully saturated rings. The van der Waals surface area contributed by atoms with Gasteiger partial charge in [-0.1, -0.05) is 30.3 Å². The van der Waals surface area contributed by atoms with Gasteiger partial charge < -0.3 is 5.73 Å². The standard InChI is InChI=1S/C16H24N4/c1-13-15(12-18-20(13)3)16(11-17)19(2)10-9-14-7-5-4-6-8-14/h4-8,12,16H,9-11,17H2,1-3H3. The van der Waals surface area contributed by atoms with E-state index in [1.165, 1.54) is 16.8 Å². The van der Waals surface area contributed by atoms with E-state index in [0.717, 1.165) is 13.0 Å². The van der Waals surface area contributed by atoms with E-state index in [4.69, 9.17) is 5.73 Å². The number of aryl methyl sites for hydroxylation is 1. The van der Waals surface area contributed by atoms with E-state index in [0.29, 0.717) is 6.54 Å². The first-order chi connectivity index (χ1) is 9.63. The molecule has 4 heteroatoms. The zero-order chi connectivity index (χ0) is 14.5. The zero-order valence-electron chi connectivity index (χ0n) is 12.6. The average Bonchev–Trinajstić information content (AvgIpc) is 2.79. The topological polar surface area (TPSA) is 47.1 Å². The van der Waals surface area contributed by atoms with Crippen molar-refractivity contribution >= 4 is 0 Å². The van der Waals surface area contributed by atoms with Crippen LogP contribution in [0.2, 0.25) is 0 Å². The Bertz CT molecular complexity index is 533. The molecule has 1 heterocycles. The van der Waals surface area contributed by atoms with Gasteiger partial charge in [-0.3, -0.25) is 9.58 Å². The molecule has 0 radical (unpaired) electrons. The van der Waals surface area contributed by atoms with Gasteiger partial charge in [-0.05, 0) is 26.0 Å². The first-order valence-corrected chi connectivity index (χ1v) is 7.06. The molecule has 20 heavy (non-hydrogen) atoms. The Morgan fingerprint density at radius 1 is 1.30 bits per heavy atom. The Kier molecular flexibility index (Phi) is 4.93. The van der Waals surface area contributed by atoms with Crippen LogP contribution in [0.25, 0.3) is 0 Å². The molecule has 0 amide bonds. The summed E-state index contributed by atoms with van der Waals surface area (Å²) >= 11 is 0. The predicted molar refractivity (Wildman–Crippen MR) is 82.5 cm³/mol. The number of rotatable bonds is 6. The van der Waals surface area contributed by atoms with Crippen LogP contribution in [0.15, 0.2) is 36.5 Å². The van der Waals surface area contributed by atoms with Crippen LogP contribution < -0.4 is 5.73 Å². The number of nitrogens with zero attached hydrogens (tertiary/aromatic N) is 3. The van der Waals surface area contributed by atoms with Crippen molar-refractivity contribution in [3.05, 3.63) is 53.3 Å². The van der Waals surface area contributed by atoms with Gasteiger partial charge in [0, 0.05) is 31.4 Å². The van der Waals surface area contributed by atoms with Crippen molar-refractivity contribution in [2.24, 2.45) is 12.8 Å². The largest absolute Gasteiger partial charge is 0.329 e. The second-order valence-corrected chi connectivity index (χ2v) is 5.28. The molecule has 1 aromatic heterocycles. The molecule has 0 aliphatic rings. The minimum atomic E-state index is 0.229. The summed E-state index contributed by atoms with van der Waals surface area (Å²) in [5.74, 6) is 0.